The Morgan fingerprint density at radius 1 is 1.25 bits per heavy atom. The summed E-state index contributed by atoms with van der Waals surface area (Å²) in [5, 5.41) is 10.8. The van der Waals surface area contributed by atoms with Crippen molar-refractivity contribution in [2.24, 2.45) is 13.0 Å². The van der Waals surface area contributed by atoms with Gasteiger partial charge in [-0.1, -0.05) is 6.92 Å². The predicted octanol–water partition coefficient (Wildman–Crippen LogP) is 2.14. The minimum atomic E-state index is 0. The van der Waals surface area contributed by atoms with Crippen LogP contribution in [0.5, 0.6) is 0 Å². The molecule has 0 bridgehead atoms. The second kappa shape index (κ2) is 10.9. The lowest BCUT2D eigenvalue weighted by molar-refractivity contribution is -0.117. The van der Waals surface area contributed by atoms with E-state index < -0.39 is 0 Å². The zero-order valence-corrected chi connectivity index (χ0v) is 16.7. The molecule has 0 saturated carbocycles. The van der Waals surface area contributed by atoms with Crippen molar-refractivity contribution >= 4 is 36.4 Å². The lowest BCUT2D eigenvalue weighted by Crippen LogP contribution is -2.41. The number of anilines is 1. The van der Waals surface area contributed by atoms with Crippen LogP contribution in [0.1, 0.15) is 31.2 Å². The third-order valence-electron chi connectivity index (χ3n) is 4.53. The number of nitrogens with one attached hydrogen (secondary N) is 2. The maximum Gasteiger partial charge on any atom is 0.238 e. The van der Waals surface area contributed by atoms with Gasteiger partial charge in [0.05, 0.1) is 23.6 Å². The lowest BCUT2D eigenvalue weighted by Gasteiger charge is -2.31. The van der Waals surface area contributed by atoms with E-state index in [1.807, 2.05) is 20.9 Å². The van der Waals surface area contributed by atoms with Crippen LogP contribution < -0.4 is 10.6 Å². The first-order chi connectivity index (χ1) is 10.5. The van der Waals surface area contributed by atoms with E-state index in [4.69, 9.17) is 0 Å². The number of hydrogen-bond donors (Lipinski definition) is 2. The van der Waals surface area contributed by atoms with Crippen molar-refractivity contribution in [1.29, 1.82) is 0 Å². The summed E-state index contributed by atoms with van der Waals surface area (Å²) in [6.45, 7) is 10.7. The largest absolute Gasteiger partial charge is 0.322 e. The first-order valence-electron chi connectivity index (χ1n) is 8.24. The second-order valence-corrected chi connectivity index (χ2v) is 6.24. The maximum atomic E-state index is 12.2. The molecule has 6 nitrogen and oxygen atoms in total. The van der Waals surface area contributed by atoms with Gasteiger partial charge >= 0.3 is 0 Å². The second-order valence-electron chi connectivity index (χ2n) is 6.24. The highest BCUT2D eigenvalue weighted by Crippen LogP contribution is 2.19. The van der Waals surface area contributed by atoms with Crippen LogP contribution in [-0.4, -0.2) is 53.3 Å². The molecule has 0 spiro atoms. The van der Waals surface area contributed by atoms with Crippen molar-refractivity contribution in [3.05, 3.63) is 11.4 Å². The number of aromatic nitrogens is 2. The molecule has 0 aliphatic carbocycles. The van der Waals surface area contributed by atoms with Crippen molar-refractivity contribution in [2.45, 2.75) is 33.6 Å². The van der Waals surface area contributed by atoms with Crippen molar-refractivity contribution in [1.82, 2.24) is 20.0 Å². The van der Waals surface area contributed by atoms with Gasteiger partial charge in [0.25, 0.3) is 0 Å². The quantitative estimate of drug-likeness (QED) is 0.794. The highest BCUT2D eigenvalue weighted by molar-refractivity contribution is 5.93. The molecule has 2 N–H and O–H groups in total. The van der Waals surface area contributed by atoms with Crippen LogP contribution in [0.4, 0.5) is 5.69 Å². The Labute approximate surface area is 157 Å². The fourth-order valence-corrected chi connectivity index (χ4v) is 3.03. The van der Waals surface area contributed by atoms with Crippen LogP contribution >= 0.6 is 24.8 Å². The molecular formula is C16H31Cl2N5O. The topological polar surface area (TPSA) is 62.2 Å². The minimum Gasteiger partial charge on any atom is -0.322 e. The molecule has 1 saturated heterocycles. The van der Waals surface area contributed by atoms with Gasteiger partial charge in [0.15, 0.2) is 0 Å². The third kappa shape index (κ3) is 6.24. The van der Waals surface area contributed by atoms with Gasteiger partial charge in [-0.25, -0.2) is 0 Å². The Balaban J connectivity index is 0.00000264. The Kier molecular flexibility index (Phi) is 10.6. The Hall–Kier alpha value is -0.820. The van der Waals surface area contributed by atoms with Crippen molar-refractivity contribution in [3.63, 3.8) is 0 Å². The van der Waals surface area contributed by atoms with Crippen molar-refractivity contribution in [2.75, 3.05) is 38.0 Å². The fourth-order valence-electron chi connectivity index (χ4n) is 3.03. The van der Waals surface area contributed by atoms with Gasteiger partial charge in [-0.05, 0) is 58.8 Å². The van der Waals surface area contributed by atoms with E-state index in [-0.39, 0.29) is 30.7 Å². The molecule has 1 aliphatic heterocycles. The zero-order valence-electron chi connectivity index (χ0n) is 15.1. The molecule has 8 heteroatoms. The summed E-state index contributed by atoms with van der Waals surface area (Å²) in [4.78, 5) is 14.5. The normalized spacial score (nSPS) is 15.5. The maximum absolute atomic E-state index is 12.2. The third-order valence-corrected chi connectivity index (χ3v) is 4.53. The Bertz CT molecular complexity index is 513. The van der Waals surface area contributed by atoms with E-state index in [1.54, 1.807) is 4.68 Å². The standard InChI is InChI=1S/C16H29N5O.2ClH/c1-5-17-10-14-6-8-21(9-7-14)11-15(22)18-16-12(2)19-20(4)13(16)3;;/h14,17H,5-11H2,1-4H3,(H,18,22);2*1H. The molecule has 0 aromatic carbocycles. The van der Waals surface area contributed by atoms with E-state index in [9.17, 15) is 4.79 Å². The summed E-state index contributed by atoms with van der Waals surface area (Å²) >= 11 is 0. The number of hydrogen-bond acceptors (Lipinski definition) is 4. The van der Waals surface area contributed by atoms with E-state index in [0.29, 0.717) is 6.54 Å². The highest BCUT2D eigenvalue weighted by atomic mass is 35.5. The number of amides is 1. The molecule has 1 aliphatic rings. The molecule has 24 heavy (non-hydrogen) atoms. The first kappa shape index (κ1) is 23.2. The first-order valence-corrected chi connectivity index (χ1v) is 8.24. The average molecular weight is 380 g/mol. The summed E-state index contributed by atoms with van der Waals surface area (Å²) in [5.41, 5.74) is 2.72. The van der Waals surface area contributed by atoms with Crippen LogP contribution in [0.25, 0.3) is 0 Å². The fraction of sp³-hybridized carbons (Fsp3) is 0.750. The molecule has 0 unspecified atom stereocenters. The zero-order chi connectivity index (χ0) is 16.1. The van der Waals surface area contributed by atoms with E-state index in [0.717, 1.165) is 49.2 Å². The van der Waals surface area contributed by atoms with E-state index in [2.05, 4.69) is 27.6 Å². The minimum absolute atomic E-state index is 0. The summed E-state index contributed by atoms with van der Waals surface area (Å²) < 4.78 is 1.80. The van der Waals surface area contributed by atoms with Gasteiger partial charge < -0.3 is 10.6 Å². The Morgan fingerprint density at radius 3 is 2.38 bits per heavy atom. The van der Waals surface area contributed by atoms with Crippen LogP contribution in [0.3, 0.4) is 0 Å². The molecule has 0 radical (unpaired) electrons. The van der Waals surface area contributed by atoms with Crippen molar-refractivity contribution < 1.29 is 4.79 Å². The number of carbonyl (C=O) groups excluding carboxylic acids is 1. The average Bonchev–Trinajstić information content (AvgIpc) is 2.73. The lowest BCUT2D eigenvalue weighted by atomic mass is 9.97. The highest BCUT2D eigenvalue weighted by Gasteiger charge is 2.21. The predicted molar refractivity (Wildman–Crippen MR) is 104 cm³/mol. The number of nitrogens with zero attached hydrogens (tertiary/aromatic N) is 3. The summed E-state index contributed by atoms with van der Waals surface area (Å²) in [5.74, 6) is 0.811. The molecule has 1 amide bonds. The van der Waals surface area contributed by atoms with Crippen LogP contribution in [0, 0.1) is 19.8 Å². The number of aryl methyl sites for hydroxylation is 2. The number of rotatable bonds is 6. The van der Waals surface area contributed by atoms with E-state index >= 15 is 0 Å². The summed E-state index contributed by atoms with van der Waals surface area (Å²) in [7, 11) is 1.90. The number of carbonyl (C=O) groups is 1. The molecule has 0 atom stereocenters. The monoisotopic (exact) mass is 379 g/mol. The van der Waals surface area contributed by atoms with Crippen LogP contribution in [-0.2, 0) is 11.8 Å². The number of halogens is 2. The molecule has 140 valence electrons. The molecule has 2 rings (SSSR count). The number of piperidine rings is 1. The van der Waals surface area contributed by atoms with Gasteiger partial charge in [0.2, 0.25) is 5.91 Å². The Morgan fingerprint density at radius 2 is 1.88 bits per heavy atom. The van der Waals surface area contributed by atoms with Gasteiger partial charge in [0, 0.05) is 7.05 Å². The smallest absolute Gasteiger partial charge is 0.238 e. The SMILES string of the molecule is CCNCC1CCN(CC(=O)Nc2c(C)nn(C)c2C)CC1.Cl.Cl. The molecule has 1 aromatic rings. The summed E-state index contributed by atoms with van der Waals surface area (Å²) in [6, 6.07) is 0. The molecular weight excluding hydrogens is 349 g/mol. The van der Waals surface area contributed by atoms with E-state index in [1.165, 1.54) is 12.8 Å². The molecule has 1 fully saturated rings. The van der Waals surface area contributed by atoms with Crippen LogP contribution in [0.2, 0.25) is 0 Å². The molecule has 2 heterocycles. The molecule has 1 aromatic heterocycles. The number of likely N-dealkylation sites (tertiary alicyclic amines) is 1. The summed E-state index contributed by atoms with van der Waals surface area (Å²) in [6.07, 6.45) is 2.34. The van der Waals surface area contributed by atoms with Gasteiger partial charge in [-0.3, -0.25) is 14.4 Å². The van der Waals surface area contributed by atoms with Gasteiger partial charge in [-0.2, -0.15) is 5.10 Å². The van der Waals surface area contributed by atoms with Crippen molar-refractivity contribution in [3.8, 4) is 0 Å². The van der Waals surface area contributed by atoms with Crippen LogP contribution in [0.15, 0.2) is 0 Å². The van der Waals surface area contributed by atoms with Gasteiger partial charge in [0.1, 0.15) is 0 Å². The van der Waals surface area contributed by atoms with Gasteiger partial charge in [-0.15, -0.1) is 24.8 Å².